The summed E-state index contributed by atoms with van der Waals surface area (Å²) in [6, 6.07) is 2.02. The molecule has 0 spiro atoms. The Morgan fingerprint density at radius 2 is 2.07 bits per heavy atom. The normalized spacial score (nSPS) is 19.9. The summed E-state index contributed by atoms with van der Waals surface area (Å²) in [7, 11) is 0. The third kappa shape index (κ3) is 3.24. The van der Waals surface area contributed by atoms with Crippen molar-refractivity contribution < 1.29 is 18.0 Å². The molecular weight excluding hydrogens is 363 g/mol. The molecule has 2 aromatic rings. The van der Waals surface area contributed by atoms with Crippen molar-refractivity contribution in [3.8, 4) is 0 Å². The van der Waals surface area contributed by atoms with Crippen molar-refractivity contribution in [1.82, 2.24) is 24.2 Å². The Bertz CT molecular complexity index is 902. The van der Waals surface area contributed by atoms with Crippen LogP contribution in [0.1, 0.15) is 42.4 Å². The number of carbonyl (C=O) groups is 1. The van der Waals surface area contributed by atoms with Crippen molar-refractivity contribution in [2.24, 2.45) is 0 Å². The first-order valence-electron chi connectivity index (χ1n) is 8.78. The molecule has 1 amide bonds. The molecule has 7 nitrogen and oxygen atoms in total. The second-order valence-corrected chi connectivity index (χ2v) is 6.87. The lowest BCUT2D eigenvalue weighted by Crippen LogP contribution is -2.54. The molecule has 10 heteroatoms. The van der Waals surface area contributed by atoms with Gasteiger partial charge in [-0.3, -0.25) is 14.3 Å². The summed E-state index contributed by atoms with van der Waals surface area (Å²) in [4.78, 5) is 30.5. The molecule has 0 aromatic carbocycles. The van der Waals surface area contributed by atoms with Crippen LogP contribution in [0.3, 0.4) is 0 Å². The second-order valence-electron chi connectivity index (χ2n) is 6.87. The summed E-state index contributed by atoms with van der Waals surface area (Å²) in [5.41, 5.74) is -0.206. The second kappa shape index (κ2) is 6.82. The Labute approximate surface area is 152 Å². The lowest BCUT2D eigenvalue weighted by Gasteiger charge is -2.37. The highest BCUT2D eigenvalue weighted by molar-refractivity contribution is 5.81. The van der Waals surface area contributed by atoms with Crippen LogP contribution >= 0.6 is 0 Å². The number of nitrogens with zero attached hydrogens (tertiary/aromatic N) is 5. The van der Waals surface area contributed by atoms with E-state index >= 15 is 0 Å². The van der Waals surface area contributed by atoms with Gasteiger partial charge in [-0.1, -0.05) is 6.07 Å². The maximum Gasteiger partial charge on any atom is 0.346 e. The number of alkyl halides is 3. The molecule has 4 rings (SSSR count). The number of halogens is 3. The molecule has 2 aliphatic rings. The van der Waals surface area contributed by atoms with E-state index in [4.69, 9.17) is 0 Å². The van der Waals surface area contributed by atoms with Crippen molar-refractivity contribution in [2.75, 3.05) is 13.1 Å². The molecule has 0 aliphatic carbocycles. The lowest BCUT2D eigenvalue weighted by atomic mass is 10.0. The van der Waals surface area contributed by atoms with E-state index in [2.05, 4.69) is 10.1 Å². The number of amides is 1. The van der Waals surface area contributed by atoms with E-state index in [1.807, 2.05) is 0 Å². The molecule has 27 heavy (non-hydrogen) atoms. The standard InChI is InChI=1S/C17H18F3N5O2/c18-11-8-23(9-11)16(26)13-2-1-3-14-22-24(17(27)25(13)14)7-10-4-5-12(15(19)20)21-6-10/h4-6,11,13,15H,1-3,7-9H2. The Morgan fingerprint density at radius 1 is 1.30 bits per heavy atom. The van der Waals surface area contributed by atoms with Gasteiger partial charge in [0.2, 0.25) is 5.91 Å². The van der Waals surface area contributed by atoms with Gasteiger partial charge in [0.05, 0.1) is 19.6 Å². The monoisotopic (exact) mass is 381 g/mol. The van der Waals surface area contributed by atoms with Crippen LogP contribution in [0.2, 0.25) is 0 Å². The van der Waals surface area contributed by atoms with E-state index in [9.17, 15) is 22.8 Å². The number of hydrogen-bond donors (Lipinski definition) is 0. The highest BCUT2D eigenvalue weighted by Crippen LogP contribution is 2.26. The number of carbonyl (C=O) groups excluding carboxylic acids is 1. The zero-order valence-electron chi connectivity index (χ0n) is 14.4. The van der Waals surface area contributed by atoms with Gasteiger partial charge >= 0.3 is 5.69 Å². The van der Waals surface area contributed by atoms with Gasteiger partial charge in [-0.05, 0) is 24.5 Å². The maximum atomic E-state index is 13.1. The van der Waals surface area contributed by atoms with E-state index in [1.165, 1.54) is 32.5 Å². The van der Waals surface area contributed by atoms with Crippen molar-refractivity contribution in [3.63, 3.8) is 0 Å². The Kier molecular flexibility index (Phi) is 4.48. The average Bonchev–Trinajstić information content (AvgIpc) is 2.95. The SMILES string of the molecule is O=C(C1CCCc2nn(Cc3ccc(C(F)F)nc3)c(=O)n21)N1CC(F)C1. The highest BCUT2D eigenvalue weighted by atomic mass is 19.3. The average molecular weight is 381 g/mol. The van der Waals surface area contributed by atoms with Crippen molar-refractivity contribution in [3.05, 3.63) is 45.9 Å². The molecule has 1 unspecified atom stereocenters. The first-order chi connectivity index (χ1) is 12.9. The summed E-state index contributed by atoms with van der Waals surface area (Å²) in [6.07, 6.45) is -0.574. The number of likely N-dealkylation sites (tertiary alicyclic amines) is 1. The third-order valence-corrected chi connectivity index (χ3v) is 4.97. The van der Waals surface area contributed by atoms with Gasteiger partial charge in [-0.25, -0.2) is 22.6 Å². The van der Waals surface area contributed by atoms with Crippen LogP contribution in [0.5, 0.6) is 0 Å². The molecule has 2 aliphatic heterocycles. The fraction of sp³-hybridized carbons (Fsp3) is 0.529. The quantitative estimate of drug-likeness (QED) is 0.804. The summed E-state index contributed by atoms with van der Waals surface area (Å²) in [5.74, 6) is 0.258. The van der Waals surface area contributed by atoms with Crippen LogP contribution in [0, 0.1) is 0 Å². The lowest BCUT2D eigenvalue weighted by molar-refractivity contribution is -0.142. The smallest absolute Gasteiger partial charge is 0.335 e. The summed E-state index contributed by atoms with van der Waals surface area (Å²) in [6.45, 7) is 0.206. The molecule has 1 atom stereocenters. The third-order valence-electron chi connectivity index (χ3n) is 4.97. The number of pyridine rings is 1. The van der Waals surface area contributed by atoms with Crippen molar-refractivity contribution >= 4 is 5.91 Å². The topological polar surface area (TPSA) is 73.0 Å². The van der Waals surface area contributed by atoms with Crippen LogP contribution in [0.4, 0.5) is 13.2 Å². The first kappa shape index (κ1) is 17.7. The number of rotatable bonds is 4. The van der Waals surface area contributed by atoms with E-state index < -0.39 is 24.3 Å². The Hall–Kier alpha value is -2.65. The minimum atomic E-state index is -2.65. The van der Waals surface area contributed by atoms with Gasteiger partial charge < -0.3 is 4.90 Å². The van der Waals surface area contributed by atoms with E-state index in [-0.39, 0.29) is 31.2 Å². The molecule has 2 aromatic heterocycles. The zero-order chi connectivity index (χ0) is 19.1. The molecule has 0 N–H and O–H groups in total. The Morgan fingerprint density at radius 3 is 2.70 bits per heavy atom. The van der Waals surface area contributed by atoms with Gasteiger partial charge in [-0.15, -0.1) is 0 Å². The zero-order valence-corrected chi connectivity index (χ0v) is 14.4. The van der Waals surface area contributed by atoms with Gasteiger partial charge in [0.15, 0.2) is 0 Å². The number of fused-ring (bicyclic) bond motifs is 1. The molecule has 1 fully saturated rings. The van der Waals surface area contributed by atoms with Gasteiger partial charge in [0.25, 0.3) is 6.43 Å². The number of aromatic nitrogens is 4. The number of hydrogen-bond acceptors (Lipinski definition) is 4. The minimum Gasteiger partial charge on any atom is -0.335 e. The van der Waals surface area contributed by atoms with Crippen molar-refractivity contribution in [1.29, 1.82) is 0 Å². The molecule has 0 radical (unpaired) electrons. The van der Waals surface area contributed by atoms with Gasteiger partial charge in [-0.2, -0.15) is 5.10 Å². The Balaban J connectivity index is 1.58. The molecule has 1 saturated heterocycles. The molecule has 0 saturated carbocycles. The van der Waals surface area contributed by atoms with E-state index in [0.717, 1.165) is 0 Å². The van der Waals surface area contributed by atoms with Gasteiger partial charge in [0, 0.05) is 12.6 Å². The van der Waals surface area contributed by atoms with Crippen LogP contribution in [0.25, 0.3) is 0 Å². The first-order valence-corrected chi connectivity index (χ1v) is 8.78. The van der Waals surface area contributed by atoms with Crippen LogP contribution in [-0.2, 0) is 17.8 Å². The van der Waals surface area contributed by atoms with Crippen LogP contribution in [0.15, 0.2) is 23.1 Å². The number of aryl methyl sites for hydroxylation is 1. The highest BCUT2D eigenvalue weighted by Gasteiger charge is 2.38. The molecular formula is C17H18F3N5O2. The van der Waals surface area contributed by atoms with E-state index in [0.29, 0.717) is 30.7 Å². The summed E-state index contributed by atoms with van der Waals surface area (Å²) in [5, 5.41) is 4.30. The summed E-state index contributed by atoms with van der Waals surface area (Å²) < 4.78 is 40.9. The predicted octanol–water partition coefficient (Wildman–Crippen LogP) is 1.48. The minimum absolute atomic E-state index is 0.0652. The van der Waals surface area contributed by atoms with Crippen LogP contribution in [-0.4, -0.2) is 49.4 Å². The summed E-state index contributed by atoms with van der Waals surface area (Å²) >= 11 is 0. The largest absolute Gasteiger partial charge is 0.346 e. The van der Waals surface area contributed by atoms with Gasteiger partial charge in [0.1, 0.15) is 23.7 Å². The van der Waals surface area contributed by atoms with Crippen molar-refractivity contribution in [2.45, 2.75) is 44.4 Å². The van der Waals surface area contributed by atoms with Crippen LogP contribution < -0.4 is 5.69 Å². The fourth-order valence-electron chi connectivity index (χ4n) is 3.52. The fourth-order valence-corrected chi connectivity index (χ4v) is 3.52. The molecule has 144 valence electrons. The predicted molar refractivity (Wildman–Crippen MR) is 88.2 cm³/mol. The van der Waals surface area contributed by atoms with E-state index in [1.54, 1.807) is 0 Å². The maximum absolute atomic E-state index is 13.1. The molecule has 0 bridgehead atoms. The molecule has 4 heterocycles.